The number of rotatable bonds is 7. The summed E-state index contributed by atoms with van der Waals surface area (Å²) in [4.78, 5) is 28.6. The number of benzene rings is 2. The highest BCUT2D eigenvalue weighted by atomic mass is 16.2. The van der Waals surface area contributed by atoms with E-state index in [9.17, 15) is 9.59 Å². The summed E-state index contributed by atoms with van der Waals surface area (Å²) in [6.07, 6.45) is 1.58. The Kier molecular flexibility index (Phi) is 6.88. The summed E-state index contributed by atoms with van der Waals surface area (Å²) < 4.78 is 0. The maximum Gasteiger partial charge on any atom is 0.246 e. The molecule has 2 aromatic carbocycles. The number of nitrogens with two attached hydrogens (primary N) is 1. The van der Waals surface area contributed by atoms with Gasteiger partial charge in [0.1, 0.15) is 6.04 Å². The SMILES string of the molecule is CCN(C)C(C(=O)Nc1ccc(N2CCC(C(N)=O)CC2)cc1)c1ccccc1. The van der Waals surface area contributed by atoms with Crippen LogP contribution in [-0.2, 0) is 9.59 Å². The second kappa shape index (κ2) is 9.56. The van der Waals surface area contributed by atoms with Crippen LogP contribution in [0.4, 0.5) is 11.4 Å². The van der Waals surface area contributed by atoms with E-state index in [1.54, 1.807) is 0 Å². The second-order valence-electron chi connectivity index (χ2n) is 7.59. The van der Waals surface area contributed by atoms with Crippen LogP contribution < -0.4 is 16.0 Å². The molecule has 0 spiro atoms. The van der Waals surface area contributed by atoms with E-state index in [1.165, 1.54) is 0 Å². The van der Waals surface area contributed by atoms with E-state index in [0.29, 0.717) is 0 Å². The molecule has 1 aliphatic rings. The summed E-state index contributed by atoms with van der Waals surface area (Å²) in [6, 6.07) is 17.4. The van der Waals surface area contributed by atoms with Crippen LogP contribution in [-0.4, -0.2) is 43.4 Å². The third kappa shape index (κ3) is 5.15. The van der Waals surface area contributed by atoms with Crippen LogP contribution in [0.25, 0.3) is 0 Å². The number of primary amides is 1. The molecular formula is C23H30N4O2. The predicted octanol–water partition coefficient (Wildman–Crippen LogP) is 3.02. The van der Waals surface area contributed by atoms with Gasteiger partial charge < -0.3 is 16.0 Å². The van der Waals surface area contributed by atoms with Crippen LogP contribution in [0, 0.1) is 5.92 Å². The molecule has 2 aromatic rings. The maximum atomic E-state index is 13.0. The topological polar surface area (TPSA) is 78.7 Å². The van der Waals surface area contributed by atoms with Gasteiger partial charge in [0.15, 0.2) is 0 Å². The first kappa shape index (κ1) is 20.9. The summed E-state index contributed by atoms with van der Waals surface area (Å²) in [5.41, 5.74) is 8.26. The first-order chi connectivity index (χ1) is 14.0. The van der Waals surface area contributed by atoms with Gasteiger partial charge in [-0.15, -0.1) is 0 Å². The minimum atomic E-state index is -0.339. The van der Waals surface area contributed by atoms with Crippen molar-refractivity contribution in [2.24, 2.45) is 11.7 Å². The molecule has 0 saturated carbocycles. The van der Waals surface area contributed by atoms with Gasteiger partial charge in [0.05, 0.1) is 0 Å². The van der Waals surface area contributed by atoms with Gasteiger partial charge in [-0.1, -0.05) is 37.3 Å². The minimum absolute atomic E-state index is 0.0183. The summed E-state index contributed by atoms with van der Waals surface area (Å²) in [7, 11) is 1.95. The average molecular weight is 395 g/mol. The fraction of sp³-hybridized carbons (Fsp3) is 0.391. The van der Waals surface area contributed by atoms with Gasteiger partial charge in [-0.25, -0.2) is 0 Å². The van der Waals surface area contributed by atoms with Crippen molar-refractivity contribution in [3.8, 4) is 0 Å². The molecule has 29 heavy (non-hydrogen) atoms. The molecule has 154 valence electrons. The summed E-state index contributed by atoms with van der Waals surface area (Å²) in [6.45, 7) is 4.44. The highest BCUT2D eigenvalue weighted by Crippen LogP contribution is 2.26. The van der Waals surface area contributed by atoms with Gasteiger partial charge >= 0.3 is 0 Å². The van der Waals surface area contributed by atoms with Gasteiger partial charge in [0.2, 0.25) is 11.8 Å². The van der Waals surface area contributed by atoms with E-state index in [4.69, 9.17) is 5.73 Å². The standard InChI is InChI=1S/C23H30N4O2/c1-3-26(2)21(17-7-5-4-6-8-17)23(29)25-19-9-11-20(12-10-19)27-15-13-18(14-16-27)22(24)28/h4-12,18,21H,3,13-16H2,1-2H3,(H2,24,28)(H,25,29). The van der Waals surface area contributed by atoms with Crippen molar-refractivity contribution in [3.63, 3.8) is 0 Å². The molecular weight excluding hydrogens is 364 g/mol. The Morgan fingerprint density at radius 1 is 1.10 bits per heavy atom. The number of piperidine rings is 1. The summed E-state index contributed by atoms with van der Waals surface area (Å²) >= 11 is 0. The average Bonchev–Trinajstić information content (AvgIpc) is 2.75. The van der Waals surface area contributed by atoms with Gasteiger partial charge in [0.25, 0.3) is 0 Å². The van der Waals surface area contributed by atoms with Crippen molar-refractivity contribution in [1.82, 2.24) is 4.90 Å². The number of carbonyl (C=O) groups is 2. The fourth-order valence-corrected chi connectivity index (χ4v) is 3.81. The van der Waals surface area contributed by atoms with E-state index in [0.717, 1.165) is 49.4 Å². The van der Waals surface area contributed by atoms with Gasteiger partial charge in [-0.05, 0) is 56.3 Å². The first-order valence-electron chi connectivity index (χ1n) is 10.2. The maximum absolute atomic E-state index is 13.0. The Morgan fingerprint density at radius 2 is 1.72 bits per heavy atom. The smallest absolute Gasteiger partial charge is 0.246 e. The first-order valence-corrected chi connectivity index (χ1v) is 10.2. The number of anilines is 2. The highest BCUT2D eigenvalue weighted by molar-refractivity contribution is 5.95. The third-order valence-corrected chi connectivity index (χ3v) is 5.70. The van der Waals surface area contributed by atoms with Crippen molar-refractivity contribution in [2.45, 2.75) is 25.8 Å². The lowest BCUT2D eigenvalue weighted by Crippen LogP contribution is -2.38. The molecule has 1 fully saturated rings. The highest BCUT2D eigenvalue weighted by Gasteiger charge is 2.25. The van der Waals surface area contributed by atoms with E-state index >= 15 is 0 Å². The van der Waals surface area contributed by atoms with Crippen molar-refractivity contribution < 1.29 is 9.59 Å². The molecule has 0 bridgehead atoms. The number of amides is 2. The van der Waals surface area contributed by atoms with Crippen LogP contribution >= 0.6 is 0 Å². The van der Waals surface area contributed by atoms with E-state index < -0.39 is 0 Å². The quantitative estimate of drug-likeness (QED) is 0.757. The molecule has 1 saturated heterocycles. The number of nitrogens with one attached hydrogen (secondary N) is 1. The Labute approximate surface area is 172 Å². The third-order valence-electron chi connectivity index (χ3n) is 5.70. The fourth-order valence-electron chi connectivity index (χ4n) is 3.81. The molecule has 2 amide bonds. The molecule has 0 radical (unpaired) electrons. The zero-order valence-electron chi connectivity index (χ0n) is 17.2. The molecule has 3 N–H and O–H groups in total. The number of nitrogens with zero attached hydrogens (tertiary/aromatic N) is 2. The molecule has 0 aromatic heterocycles. The zero-order chi connectivity index (χ0) is 20.8. The second-order valence-corrected chi connectivity index (χ2v) is 7.59. The molecule has 1 aliphatic heterocycles. The van der Waals surface area contributed by atoms with E-state index in [-0.39, 0.29) is 23.8 Å². The number of carbonyl (C=O) groups excluding carboxylic acids is 2. The van der Waals surface area contributed by atoms with Crippen LogP contribution in [0.2, 0.25) is 0 Å². The van der Waals surface area contributed by atoms with Crippen LogP contribution in [0.15, 0.2) is 54.6 Å². The van der Waals surface area contributed by atoms with Crippen LogP contribution in [0.5, 0.6) is 0 Å². The van der Waals surface area contributed by atoms with E-state index in [1.807, 2.05) is 73.5 Å². The number of hydrogen-bond donors (Lipinski definition) is 2. The van der Waals surface area contributed by atoms with Gasteiger partial charge in [-0.2, -0.15) is 0 Å². The minimum Gasteiger partial charge on any atom is -0.371 e. The molecule has 3 rings (SSSR count). The number of hydrogen-bond acceptors (Lipinski definition) is 4. The Hall–Kier alpha value is -2.86. The zero-order valence-corrected chi connectivity index (χ0v) is 17.2. The number of likely N-dealkylation sites (N-methyl/N-ethyl adjacent to an activating group) is 1. The Bertz CT molecular complexity index is 815. The lowest BCUT2D eigenvalue weighted by Gasteiger charge is -2.32. The van der Waals surface area contributed by atoms with E-state index in [2.05, 4.69) is 10.2 Å². The summed E-state index contributed by atoms with van der Waals surface area (Å²) in [5, 5.41) is 3.05. The monoisotopic (exact) mass is 394 g/mol. The van der Waals surface area contributed by atoms with Gasteiger partial charge in [0, 0.05) is 30.4 Å². The molecule has 6 nitrogen and oxygen atoms in total. The Morgan fingerprint density at radius 3 is 2.28 bits per heavy atom. The van der Waals surface area contributed by atoms with Crippen molar-refractivity contribution in [1.29, 1.82) is 0 Å². The van der Waals surface area contributed by atoms with Crippen LogP contribution in [0.1, 0.15) is 31.4 Å². The normalized spacial score (nSPS) is 15.9. The molecule has 6 heteroatoms. The molecule has 1 heterocycles. The lowest BCUT2D eigenvalue weighted by molar-refractivity contribution is -0.122. The van der Waals surface area contributed by atoms with Crippen molar-refractivity contribution >= 4 is 23.2 Å². The molecule has 0 aliphatic carbocycles. The Balaban J connectivity index is 1.65. The lowest BCUT2D eigenvalue weighted by atomic mass is 9.96. The largest absolute Gasteiger partial charge is 0.371 e. The van der Waals surface area contributed by atoms with Gasteiger partial charge in [-0.3, -0.25) is 14.5 Å². The van der Waals surface area contributed by atoms with Crippen LogP contribution in [0.3, 0.4) is 0 Å². The summed E-state index contributed by atoms with van der Waals surface area (Å²) in [5.74, 6) is -0.265. The molecule has 1 unspecified atom stereocenters. The van der Waals surface area contributed by atoms with Crippen molar-refractivity contribution in [2.75, 3.05) is 36.9 Å². The van der Waals surface area contributed by atoms with Crippen molar-refractivity contribution in [3.05, 3.63) is 60.2 Å². The molecule has 1 atom stereocenters. The predicted molar refractivity (Wildman–Crippen MR) is 117 cm³/mol.